The van der Waals surface area contributed by atoms with Gasteiger partial charge in [0.05, 0.1) is 0 Å². The van der Waals surface area contributed by atoms with Crippen LogP contribution in [0.2, 0.25) is 0 Å². The SMILES string of the molecule is CCC1=CC(C)C(C(C)(C)CC)CC=C1. The van der Waals surface area contributed by atoms with Gasteiger partial charge in [-0.05, 0) is 30.1 Å². The van der Waals surface area contributed by atoms with Gasteiger partial charge in [-0.25, -0.2) is 0 Å². The van der Waals surface area contributed by atoms with E-state index in [-0.39, 0.29) is 0 Å². The van der Waals surface area contributed by atoms with Crippen molar-refractivity contribution >= 4 is 0 Å². The lowest BCUT2D eigenvalue weighted by Crippen LogP contribution is -2.27. The Morgan fingerprint density at radius 3 is 2.53 bits per heavy atom. The van der Waals surface area contributed by atoms with Crippen molar-refractivity contribution in [3.05, 3.63) is 23.8 Å². The molecule has 0 aromatic carbocycles. The van der Waals surface area contributed by atoms with E-state index in [0.29, 0.717) is 11.3 Å². The highest BCUT2D eigenvalue weighted by atomic mass is 14.4. The summed E-state index contributed by atoms with van der Waals surface area (Å²) in [5, 5.41) is 0. The van der Waals surface area contributed by atoms with Crippen LogP contribution in [0, 0.1) is 17.3 Å². The first-order valence-corrected chi connectivity index (χ1v) is 6.38. The quantitative estimate of drug-likeness (QED) is 0.611. The molecule has 0 fully saturated rings. The molecule has 0 nitrogen and oxygen atoms in total. The van der Waals surface area contributed by atoms with Crippen LogP contribution >= 0.6 is 0 Å². The second-order valence-electron chi connectivity index (χ2n) is 5.54. The summed E-state index contributed by atoms with van der Waals surface area (Å²) >= 11 is 0. The zero-order valence-corrected chi connectivity index (χ0v) is 11.0. The van der Waals surface area contributed by atoms with E-state index < -0.39 is 0 Å². The number of hydrogen-bond acceptors (Lipinski definition) is 0. The number of rotatable bonds is 3. The maximum atomic E-state index is 2.48. The summed E-state index contributed by atoms with van der Waals surface area (Å²) in [7, 11) is 0. The van der Waals surface area contributed by atoms with Crippen LogP contribution in [-0.4, -0.2) is 0 Å². The van der Waals surface area contributed by atoms with Gasteiger partial charge in [0.1, 0.15) is 0 Å². The molecule has 0 saturated carbocycles. The Hall–Kier alpha value is -0.520. The zero-order chi connectivity index (χ0) is 11.5. The van der Waals surface area contributed by atoms with Crippen LogP contribution in [0.1, 0.15) is 53.9 Å². The molecule has 15 heavy (non-hydrogen) atoms. The van der Waals surface area contributed by atoms with Crippen molar-refractivity contribution in [3.63, 3.8) is 0 Å². The largest absolute Gasteiger partial charge is 0.0840 e. The van der Waals surface area contributed by atoms with Gasteiger partial charge >= 0.3 is 0 Å². The van der Waals surface area contributed by atoms with Gasteiger partial charge in [-0.2, -0.15) is 0 Å². The fraction of sp³-hybridized carbons (Fsp3) is 0.733. The molecule has 0 spiro atoms. The van der Waals surface area contributed by atoms with E-state index in [4.69, 9.17) is 0 Å². The predicted octanol–water partition coefficient (Wildman–Crippen LogP) is 4.97. The lowest BCUT2D eigenvalue weighted by molar-refractivity contribution is 0.165. The average molecular weight is 206 g/mol. The molecule has 0 amide bonds. The monoisotopic (exact) mass is 206 g/mol. The molecule has 0 bridgehead atoms. The van der Waals surface area contributed by atoms with Crippen LogP contribution in [0.15, 0.2) is 23.8 Å². The molecule has 1 rings (SSSR count). The maximum Gasteiger partial charge on any atom is -0.0220 e. The minimum absolute atomic E-state index is 0.462. The number of allylic oxidation sites excluding steroid dienone is 4. The summed E-state index contributed by atoms with van der Waals surface area (Å²) in [6.45, 7) is 11.8. The highest BCUT2D eigenvalue weighted by Crippen LogP contribution is 2.40. The molecular weight excluding hydrogens is 180 g/mol. The molecule has 0 aromatic heterocycles. The van der Waals surface area contributed by atoms with Crippen LogP contribution < -0.4 is 0 Å². The van der Waals surface area contributed by atoms with Crippen molar-refractivity contribution in [1.82, 2.24) is 0 Å². The van der Waals surface area contributed by atoms with Crippen LogP contribution in [-0.2, 0) is 0 Å². The second-order valence-corrected chi connectivity index (χ2v) is 5.54. The summed E-state index contributed by atoms with van der Waals surface area (Å²) in [4.78, 5) is 0. The fourth-order valence-electron chi connectivity index (χ4n) is 2.62. The van der Waals surface area contributed by atoms with Crippen LogP contribution in [0.5, 0.6) is 0 Å². The molecule has 2 unspecified atom stereocenters. The van der Waals surface area contributed by atoms with Gasteiger partial charge in [-0.3, -0.25) is 0 Å². The second kappa shape index (κ2) is 5.01. The van der Waals surface area contributed by atoms with E-state index in [9.17, 15) is 0 Å². The molecule has 0 radical (unpaired) electrons. The third-order valence-corrected chi connectivity index (χ3v) is 4.16. The molecule has 0 aromatic rings. The molecule has 1 aliphatic carbocycles. The summed E-state index contributed by atoms with van der Waals surface area (Å²) in [5.41, 5.74) is 1.97. The van der Waals surface area contributed by atoms with Crippen molar-refractivity contribution in [2.24, 2.45) is 17.3 Å². The Labute approximate surface area is 95.5 Å². The van der Waals surface area contributed by atoms with Crippen LogP contribution in [0.25, 0.3) is 0 Å². The first-order chi connectivity index (χ1) is 7.01. The Kier molecular flexibility index (Phi) is 4.19. The first kappa shape index (κ1) is 12.5. The minimum Gasteiger partial charge on any atom is -0.0840 e. The third kappa shape index (κ3) is 2.96. The Morgan fingerprint density at radius 2 is 2.00 bits per heavy atom. The van der Waals surface area contributed by atoms with E-state index >= 15 is 0 Å². The molecule has 0 heteroatoms. The molecule has 0 aliphatic heterocycles. The lowest BCUT2D eigenvalue weighted by Gasteiger charge is -2.36. The Morgan fingerprint density at radius 1 is 1.33 bits per heavy atom. The van der Waals surface area contributed by atoms with Gasteiger partial charge in [0.25, 0.3) is 0 Å². The third-order valence-electron chi connectivity index (χ3n) is 4.16. The van der Waals surface area contributed by atoms with E-state index in [1.807, 2.05) is 0 Å². The normalized spacial score (nSPS) is 27.4. The Bertz CT molecular complexity index is 255. The predicted molar refractivity (Wildman–Crippen MR) is 68.9 cm³/mol. The fourth-order valence-corrected chi connectivity index (χ4v) is 2.62. The van der Waals surface area contributed by atoms with Gasteiger partial charge in [0.15, 0.2) is 0 Å². The number of hydrogen-bond donors (Lipinski definition) is 0. The van der Waals surface area contributed by atoms with Gasteiger partial charge in [0.2, 0.25) is 0 Å². The maximum absolute atomic E-state index is 2.48. The van der Waals surface area contributed by atoms with Crippen LogP contribution in [0.4, 0.5) is 0 Å². The van der Waals surface area contributed by atoms with Gasteiger partial charge in [-0.1, -0.05) is 64.8 Å². The standard InChI is InChI=1S/C15H26/c1-6-13-9-8-10-14(12(3)11-13)15(4,5)7-2/h8-9,11-12,14H,6-7,10H2,1-5H3. The Balaban J connectivity index is 2.86. The summed E-state index contributed by atoms with van der Waals surface area (Å²) < 4.78 is 0. The van der Waals surface area contributed by atoms with Crippen molar-refractivity contribution in [2.45, 2.75) is 53.9 Å². The van der Waals surface area contributed by atoms with Crippen molar-refractivity contribution < 1.29 is 0 Å². The molecular formula is C15H26. The van der Waals surface area contributed by atoms with E-state index in [1.54, 1.807) is 0 Å². The van der Waals surface area contributed by atoms with Crippen LogP contribution in [0.3, 0.4) is 0 Å². The summed E-state index contributed by atoms with van der Waals surface area (Å²) in [6, 6.07) is 0. The van der Waals surface area contributed by atoms with E-state index in [0.717, 1.165) is 5.92 Å². The lowest BCUT2D eigenvalue weighted by atomic mass is 9.69. The molecule has 2 atom stereocenters. The van der Waals surface area contributed by atoms with Crippen molar-refractivity contribution in [2.75, 3.05) is 0 Å². The van der Waals surface area contributed by atoms with E-state index in [1.165, 1.54) is 24.8 Å². The van der Waals surface area contributed by atoms with Crippen molar-refractivity contribution in [3.8, 4) is 0 Å². The molecule has 86 valence electrons. The average Bonchev–Trinajstić information content (AvgIpc) is 2.40. The topological polar surface area (TPSA) is 0 Å². The minimum atomic E-state index is 0.462. The first-order valence-electron chi connectivity index (χ1n) is 6.38. The van der Waals surface area contributed by atoms with Gasteiger partial charge in [0, 0.05) is 0 Å². The highest BCUT2D eigenvalue weighted by Gasteiger charge is 2.30. The van der Waals surface area contributed by atoms with E-state index in [2.05, 4.69) is 52.8 Å². The highest BCUT2D eigenvalue weighted by molar-refractivity contribution is 5.22. The molecule has 1 aliphatic rings. The molecule has 0 heterocycles. The zero-order valence-electron chi connectivity index (χ0n) is 11.0. The summed E-state index contributed by atoms with van der Waals surface area (Å²) in [6.07, 6.45) is 10.8. The molecule has 0 N–H and O–H groups in total. The van der Waals surface area contributed by atoms with Gasteiger partial charge in [-0.15, -0.1) is 0 Å². The smallest absolute Gasteiger partial charge is 0.0220 e. The van der Waals surface area contributed by atoms with Gasteiger partial charge < -0.3 is 0 Å². The summed E-state index contributed by atoms with van der Waals surface area (Å²) in [5.74, 6) is 1.51. The van der Waals surface area contributed by atoms with Crippen molar-refractivity contribution in [1.29, 1.82) is 0 Å². The molecule has 0 saturated heterocycles.